The molecule has 4 amide bonds. The number of carbonyl (C=O) groups is 4. The molecule has 3 aromatic carbocycles. The number of nitrogens with one attached hydrogen (secondary N) is 4. The number of ether oxygens (including phenoxy) is 1. The lowest BCUT2D eigenvalue weighted by molar-refractivity contribution is -0.131. The highest BCUT2D eigenvalue weighted by atomic mass is 16.6. The quantitative estimate of drug-likeness (QED) is 0.204. The fraction of sp³-hybridized carbons (Fsp3) is 0.278. The SMILES string of the molecule is C#CCCC1=NN=C(c2ccccc2)NN1C(=O)OCc1ccc(NC(=O)[C@H](C)NC(=O)[C@@H](NC(=O)Cc2ccccc2)C(C)C)cc1. The summed E-state index contributed by atoms with van der Waals surface area (Å²) in [6, 6.07) is 23.5. The van der Waals surface area contributed by atoms with Gasteiger partial charge in [0, 0.05) is 24.1 Å². The summed E-state index contributed by atoms with van der Waals surface area (Å²) in [7, 11) is 0. The van der Waals surface area contributed by atoms with Gasteiger partial charge in [-0.25, -0.2) is 4.79 Å². The van der Waals surface area contributed by atoms with Gasteiger partial charge < -0.3 is 20.7 Å². The van der Waals surface area contributed by atoms with Crippen molar-refractivity contribution in [3.8, 4) is 12.3 Å². The minimum absolute atomic E-state index is 0.0511. The predicted octanol–water partition coefficient (Wildman–Crippen LogP) is 4.14. The molecule has 1 aliphatic rings. The third-order valence-electron chi connectivity index (χ3n) is 7.27. The van der Waals surface area contributed by atoms with Crippen LogP contribution in [0.3, 0.4) is 0 Å². The summed E-state index contributed by atoms with van der Waals surface area (Å²) in [6.07, 6.45) is 5.54. The van der Waals surface area contributed by atoms with Gasteiger partial charge in [-0.05, 0) is 36.1 Å². The molecule has 0 saturated heterocycles. The number of benzene rings is 3. The lowest BCUT2D eigenvalue weighted by atomic mass is 10.0. The smallest absolute Gasteiger partial charge is 0.435 e. The lowest BCUT2D eigenvalue weighted by Crippen LogP contribution is -2.54. The molecule has 48 heavy (non-hydrogen) atoms. The number of hydrazine groups is 1. The van der Waals surface area contributed by atoms with Crippen LogP contribution >= 0.6 is 0 Å². The topological polar surface area (TPSA) is 154 Å². The molecule has 0 aromatic heterocycles. The van der Waals surface area contributed by atoms with Crippen molar-refractivity contribution in [1.29, 1.82) is 0 Å². The maximum atomic E-state index is 13.1. The maximum Gasteiger partial charge on any atom is 0.435 e. The summed E-state index contributed by atoms with van der Waals surface area (Å²) in [5.41, 5.74) is 5.69. The number of amides is 4. The molecule has 4 N–H and O–H groups in total. The summed E-state index contributed by atoms with van der Waals surface area (Å²) in [4.78, 5) is 51.5. The van der Waals surface area contributed by atoms with Crippen LogP contribution in [-0.2, 0) is 32.1 Å². The van der Waals surface area contributed by atoms with E-state index in [0.29, 0.717) is 35.8 Å². The highest BCUT2D eigenvalue weighted by molar-refractivity contribution is 6.06. The number of carbonyl (C=O) groups excluding carboxylic acids is 4. The average molecular weight is 650 g/mol. The van der Waals surface area contributed by atoms with E-state index in [1.54, 1.807) is 31.2 Å². The minimum Gasteiger partial charge on any atom is -0.443 e. The van der Waals surface area contributed by atoms with E-state index in [4.69, 9.17) is 11.2 Å². The van der Waals surface area contributed by atoms with Crippen molar-refractivity contribution in [3.63, 3.8) is 0 Å². The van der Waals surface area contributed by atoms with Crippen molar-refractivity contribution in [2.45, 2.75) is 58.7 Å². The molecule has 1 aliphatic heterocycles. The summed E-state index contributed by atoms with van der Waals surface area (Å²) < 4.78 is 5.54. The molecule has 3 aromatic rings. The molecule has 1 heterocycles. The second-order valence-electron chi connectivity index (χ2n) is 11.4. The minimum atomic E-state index is -0.878. The largest absolute Gasteiger partial charge is 0.443 e. The zero-order chi connectivity index (χ0) is 34.5. The van der Waals surface area contributed by atoms with Crippen molar-refractivity contribution in [2.75, 3.05) is 5.32 Å². The number of anilines is 1. The normalized spacial score (nSPS) is 13.5. The fourth-order valence-corrected chi connectivity index (χ4v) is 4.61. The van der Waals surface area contributed by atoms with Crippen LogP contribution in [0.25, 0.3) is 0 Å². The molecule has 2 atom stereocenters. The van der Waals surface area contributed by atoms with E-state index in [2.05, 4.69) is 37.5 Å². The third-order valence-corrected chi connectivity index (χ3v) is 7.27. The van der Waals surface area contributed by atoms with Gasteiger partial charge in [-0.1, -0.05) is 86.6 Å². The Hall–Kier alpha value is -5.96. The van der Waals surface area contributed by atoms with Crippen LogP contribution in [-0.4, -0.2) is 52.6 Å². The van der Waals surface area contributed by atoms with Crippen LogP contribution < -0.4 is 21.4 Å². The molecule has 0 unspecified atom stereocenters. The van der Waals surface area contributed by atoms with Crippen LogP contribution in [0, 0.1) is 18.3 Å². The first kappa shape index (κ1) is 34.9. The molecule has 0 aliphatic carbocycles. The van der Waals surface area contributed by atoms with E-state index in [1.165, 1.54) is 5.01 Å². The molecule has 0 bridgehead atoms. The van der Waals surface area contributed by atoms with Gasteiger partial charge in [0.1, 0.15) is 18.7 Å². The van der Waals surface area contributed by atoms with Crippen molar-refractivity contribution in [1.82, 2.24) is 21.1 Å². The molecule has 0 fully saturated rings. The number of rotatable bonds is 13. The zero-order valence-corrected chi connectivity index (χ0v) is 27.1. The van der Waals surface area contributed by atoms with Crippen LogP contribution in [0.15, 0.2) is 95.1 Å². The monoisotopic (exact) mass is 649 g/mol. The molecular formula is C36H39N7O5. The molecule has 12 heteroatoms. The molecule has 0 radical (unpaired) electrons. The first-order valence-electron chi connectivity index (χ1n) is 15.5. The van der Waals surface area contributed by atoms with Gasteiger partial charge in [-0.15, -0.1) is 22.5 Å². The Morgan fingerprint density at radius 2 is 1.52 bits per heavy atom. The first-order valence-corrected chi connectivity index (χ1v) is 15.5. The fourth-order valence-electron chi connectivity index (χ4n) is 4.61. The molecule has 0 saturated carbocycles. The Kier molecular flexibility index (Phi) is 12.4. The van der Waals surface area contributed by atoms with Gasteiger partial charge in [0.2, 0.25) is 17.7 Å². The van der Waals surface area contributed by atoms with E-state index in [-0.39, 0.29) is 24.9 Å². The van der Waals surface area contributed by atoms with Crippen molar-refractivity contribution in [2.24, 2.45) is 16.1 Å². The summed E-state index contributed by atoms with van der Waals surface area (Å²) in [6.45, 7) is 5.15. The highest BCUT2D eigenvalue weighted by Crippen LogP contribution is 2.14. The second kappa shape index (κ2) is 17.1. The molecule has 0 spiro atoms. The van der Waals surface area contributed by atoms with Crippen LogP contribution in [0.5, 0.6) is 0 Å². The van der Waals surface area contributed by atoms with Gasteiger partial charge in [0.25, 0.3) is 0 Å². The summed E-state index contributed by atoms with van der Waals surface area (Å²) in [5, 5.41) is 17.8. The molecule has 248 valence electrons. The van der Waals surface area contributed by atoms with E-state index >= 15 is 0 Å². The Bertz CT molecular complexity index is 1680. The summed E-state index contributed by atoms with van der Waals surface area (Å²) in [5.74, 6) is 1.86. The predicted molar refractivity (Wildman–Crippen MR) is 183 cm³/mol. The van der Waals surface area contributed by atoms with E-state index < -0.39 is 30.0 Å². The summed E-state index contributed by atoms with van der Waals surface area (Å²) >= 11 is 0. The van der Waals surface area contributed by atoms with E-state index in [1.807, 2.05) is 74.5 Å². The third kappa shape index (κ3) is 10.0. The number of hydrogen-bond acceptors (Lipinski definition) is 8. The molecule has 12 nitrogen and oxygen atoms in total. The van der Waals surface area contributed by atoms with Crippen molar-refractivity contribution < 1.29 is 23.9 Å². The standard InChI is InChI=1S/C36H39N7O5/c1-5-6-17-30-40-41-33(28-15-11-8-12-16-28)42-43(30)36(47)48-23-27-18-20-29(21-19-27)38-34(45)25(4)37-35(46)32(24(2)3)39-31(44)22-26-13-9-7-10-14-26/h1,7-16,18-21,24-25,32H,6,17,22-23H2,2-4H3,(H,37,46)(H,38,45)(H,39,44)(H,41,42)/t25-,32-/m0/s1. The van der Waals surface area contributed by atoms with Crippen LogP contribution in [0.2, 0.25) is 0 Å². The van der Waals surface area contributed by atoms with Gasteiger partial charge in [-0.3, -0.25) is 19.8 Å². The molecule has 4 rings (SSSR count). The maximum absolute atomic E-state index is 13.1. The number of amidine groups is 2. The number of hydrogen-bond donors (Lipinski definition) is 4. The number of nitrogens with zero attached hydrogens (tertiary/aromatic N) is 3. The second-order valence-corrected chi connectivity index (χ2v) is 11.4. The molecular weight excluding hydrogens is 610 g/mol. The van der Waals surface area contributed by atoms with Crippen molar-refractivity contribution >= 4 is 41.2 Å². The van der Waals surface area contributed by atoms with Gasteiger partial charge in [0.05, 0.1) is 6.42 Å². The Labute approximate surface area is 280 Å². The Morgan fingerprint density at radius 3 is 2.17 bits per heavy atom. The van der Waals surface area contributed by atoms with Crippen LogP contribution in [0.4, 0.5) is 10.5 Å². The van der Waals surface area contributed by atoms with Crippen LogP contribution in [0.1, 0.15) is 50.3 Å². The van der Waals surface area contributed by atoms with E-state index in [9.17, 15) is 19.2 Å². The van der Waals surface area contributed by atoms with E-state index in [0.717, 1.165) is 11.1 Å². The Balaban J connectivity index is 1.28. The first-order chi connectivity index (χ1) is 23.1. The average Bonchev–Trinajstić information content (AvgIpc) is 3.09. The highest BCUT2D eigenvalue weighted by Gasteiger charge is 2.28. The van der Waals surface area contributed by atoms with Gasteiger partial charge in [0.15, 0.2) is 11.7 Å². The lowest BCUT2D eigenvalue weighted by Gasteiger charge is -2.27. The van der Waals surface area contributed by atoms with Gasteiger partial charge >= 0.3 is 6.09 Å². The van der Waals surface area contributed by atoms with Gasteiger partial charge in [-0.2, -0.15) is 5.01 Å². The van der Waals surface area contributed by atoms with Crippen molar-refractivity contribution in [3.05, 3.63) is 102 Å². The zero-order valence-electron chi connectivity index (χ0n) is 27.1. The number of terminal acetylenes is 1. The Morgan fingerprint density at radius 1 is 0.854 bits per heavy atom.